The van der Waals surface area contributed by atoms with E-state index < -0.39 is 6.17 Å². The van der Waals surface area contributed by atoms with E-state index in [1.807, 2.05) is 17.0 Å². The first-order valence-electron chi connectivity index (χ1n) is 7.34. The van der Waals surface area contributed by atoms with Gasteiger partial charge in [0.1, 0.15) is 21.9 Å². The van der Waals surface area contributed by atoms with Gasteiger partial charge >= 0.3 is 0 Å². The van der Waals surface area contributed by atoms with Crippen LogP contribution in [0.3, 0.4) is 0 Å². The molecule has 0 bridgehead atoms. The molecular formula is C15H15FN4OS. The van der Waals surface area contributed by atoms with Crippen LogP contribution in [0.25, 0.3) is 10.6 Å². The summed E-state index contributed by atoms with van der Waals surface area (Å²) in [6, 6.07) is 3.84. The average molecular weight is 318 g/mol. The first-order valence-corrected chi connectivity index (χ1v) is 8.16. The molecule has 1 saturated heterocycles. The van der Waals surface area contributed by atoms with Crippen molar-refractivity contribution in [3.05, 3.63) is 28.9 Å². The van der Waals surface area contributed by atoms with E-state index in [0.717, 1.165) is 28.5 Å². The molecule has 1 amide bonds. The molecule has 0 saturated carbocycles. The van der Waals surface area contributed by atoms with Crippen LogP contribution in [0.15, 0.2) is 18.3 Å². The van der Waals surface area contributed by atoms with Gasteiger partial charge in [0.15, 0.2) is 0 Å². The summed E-state index contributed by atoms with van der Waals surface area (Å²) in [5, 5.41) is 3.64. The molecule has 1 atom stereocenters. The van der Waals surface area contributed by atoms with E-state index in [9.17, 15) is 9.18 Å². The van der Waals surface area contributed by atoms with Gasteiger partial charge in [0.05, 0.1) is 12.2 Å². The lowest BCUT2D eigenvalue weighted by atomic mass is 10.2. The number of thiazole rings is 1. The van der Waals surface area contributed by atoms with Crippen molar-refractivity contribution >= 4 is 23.1 Å². The van der Waals surface area contributed by atoms with E-state index in [0.29, 0.717) is 30.9 Å². The second kappa shape index (κ2) is 5.31. The van der Waals surface area contributed by atoms with Crippen molar-refractivity contribution in [2.45, 2.75) is 19.0 Å². The molecule has 1 N–H and O–H groups in total. The zero-order chi connectivity index (χ0) is 15.1. The molecule has 22 heavy (non-hydrogen) atoms. The largest absolute Gasteiger partial charge is 0.354 e. The fourth-order valence-electron chi connectivity index (χ4n) is 2.82. The predicted octanol–water partition coefficient (Wildman–Crippen LogP) is 2.04. The SMILES string of the molecule is O=C1NCCc2nc(-c3ccc(N4CC[C@@H](F)C4)nc3)sc21. The smallest absolute Gasteiger partial charge is 0.263 e. The number of aromatic nitrogens is 2. The standard InChI is InChI=1S/C15H15FN4OS/c16-10-4-6-20(8-10)12-2-1-9(7-18-12)15-19-11-3-5-17-14(21)13(11)22-15/h1-2,7,10H,3-6,8H2,(H,17,21)/t10-/m1/s1. The molecule has 2 aromatic rings. The van der Waals surface area contributed by atoms with Gasteiger partial charge in [-0.25, -0.2) is 14.4 Å². The molecule has 7 heteroatoms. The van der Waals surface area contributed by atoms with Crippen molar-refractivity contribution < 1.29 is 9.18 Å². The second-order valence-electron chi connectivity index (χ2n) is 5.54. The van der Waals surface area contributed by atoms with Crippen LogP contribution >= 0.6 is 11.3 Å². The third-order valence-electron chi connectivity index (χ3n) is 4.00. The fourth-order valence-corrected chi connectivity index (χ4v) is 3.84. The number of hydrogen-bond donors (Lipinski definition) is 1. The van der Waals surface area contributed by atoms with Crippen LogP contribution in [0, 0.1) is 0 Å². The minimum atomic E-state index is -0.759. The Morgan fingerprint density at radius 2 is 2.32 bits per heavy atom. The van der Waals surface area contributed by atoms with Crippen molar-refractivity contribution in [1.29, 1.82) is 0 Å². The molecule has 1 fully saturated rings. The van der Waals surface area contributed by atoms with Gasteiger partial charge in [-0.1, -0.05) is 0 Å². The second-order valence-corrected chi connectivity index (χ2v) is 6.54. The molecular weight excluding hydrogens is 303 g/mol. The molecule has 0 radical (unpaired) electrons. The number of carbonyl (C=O) groups is 1. The average Bonchev–Trinajstić information content (AvgIpc) is 3.15. The number of amides is 1. The number of nitrogens with one attached hydrogen (secondary N) is 1. The minimum absolute atomic E-state index is 0.0411. The van der Waals surface area contributed by atoms with Crippen LogP contribution in [0.2, 0.25) is 0 Å². The molecule has 0 aromatic carbocycles. The lowest BCUT2D eigenvalue weighted by molar-refractivity contribution is 0.0950. The zero-order valence-electron chi connectivity index (χ0n) is 11.9. The summed E-state index contributed by atoms with van der Waals surface area (Å²) in [6.07, 6.45) is 2.33. The van der Waals surface area contributed by atoms with E-state index >= 15 is 0 Å². The highest BCUT2D eigenvalue weighted by Crippen LogP contribution is 2.30. The zero-order valence-corrected chi connectivity index (χ0v) is 12.7. The van der Waals surface area contributed by atoms with Crippen LogP contribution < -0.4 is 10.2 Å². The Morgan fingerprint density at radius 1 is 1.41 bits per heavy atom. The summed E-state index contributed by atoms with van der Waals surface area (Å²) in [7, 11) is 0. The topological polar surface area (TPSA) is 58.1 Å². The highest BCUT2D eigenvalue weighted by atomic mass is 32.1. The van der Waals surface area contributed by atoms with Gasteiger partial charge in [0.25, 0.3) is 5.91 Å². The van der Waals surface area contributed by atoms with Crippen molar-refractivity contribution in [3.8, 4) is 10.6 Å². The van der Waals surface area contributed by atoms with Crippen molar-refractivity contribution in [1.82, 2.24) is 15.3 Å². The van der Waals surface area contributed by atoms with E-state index in [-0.39, 0.29) is 5.91 Å². The maximum Gasteiger partial charge on any atom is 0.263 e. The molecule has 4 heterocycles. The Bertz CT molecular complexity index is 715. The third-order valence-corrected chi connectivity index (χ3v) is 5.15. The maximum atomic E-state index is 13.3. The number of carbonyl (C=O) groups excluding carboxylic acids is 1. The van der Waals surface area contributed by atoms with Gasteiger partial charge in [-0.2, -0.15) is 0 Å². The number of alkyl halides is 1. The van der Waals surface area contributed by atoms with Crippen LogP contribution in [0.4, 0.5) is 10.2 Å². The lowest BCUT2D eigenvalue weighted by Crippen LogP contribution is -2.30. The summed E-state index contributed by atoms with van der Waals surface area (Å²) in [4.78, 5) is 23.4. The highest BCUT2D eigenvalue weighted by molar-refractivity contribution is 7.17. The Labute approximate surface area is 131 Å². The van der Waals surface area contributed by atoms with Crippen molar-refractivity contribution in [2.75, 3.05) is 24.5 Å². The molecule has 2 aliphatic heterocycles. The first-order chi connectivity index (χ1) is 10.7. The van der Waals surface area contributed by atoms with Crippen LogP contribution in [0.5, 0.6) is 0 Å². The monoisotopic (exact) mass is 318 g/mol. The predicted molar refractivity (Wildman–Crippen MR) is 83.1 cm³/mol. The lowest BCUT2D eigenvalue weighted by Gasteiger charge is -2.15. The van der Waals surface area contributed by atoms with Gasteiger partial charge < -0.3 is 10.2 Å². The van der Waals surface area contributed by atoms with E-state index in [4.69, 9.17) is 0 Å². The Hall–Kier alpha value is -2.02. The van der Waals surface area contributed by atoms with Crippen LogP contribution in [-0.2, 0) is 6.42 Å². The summed E-state index contributed by atoms with van der Waals surface area (Å²) in [5.41, 5.74) is 1.76. The number of pyridine rings is 1. The summed E-state index contributed by atoms with van der Waals surface area (Å²) in [6.45, 7) is 1.77. The maximum absolute atomic E-state index is 13.3. The van der Waals surface area contributed by atoms with Crippen LogP contribution in [0.1, 0.15) is 21.8 Å². The molecule has 0 unspecified atom stereocenters. The van der Waals surface area contributed by atoms with Gasteiger partial charge in [0, 0.05) is 31.3 Å². The number of halogens is 1. The van der Waals surface area contributed by atoms with Crippen molar-refractivity contribution in [3.63, 3.8) is 0 Å². The molecule has 0 aliphatic carbocycles. The Morgan fingerprint density at radius 3 is 3.00 bits per heavy atom. The summed E-state index contributed by atoms with van der Waals surface area (Å²) < 4.78 is 13.3. The van der Waals surface area contributed by atoms with E-state index in [1.54, 1.807) is 6.20 Å². The normalized spacial score (nSPS) is 20.9. The number of nitrogens with zero attached hydrogens (tertiary/aromatic N) is 3. The summed E-state index contributed by atoms with van der Waals surface area (Å²) >= 11 is 1.40. The Kier molecular flexibility index (Phi) is 3.29. The van der Waals surface area contributed by atoms with E-state index in [2.05, 4.69) is 15.3 Å². The molecule has 4 rings (SSSR count). The number of hydrogen-bond acceptors (Lipinski definition) is 5. The van der Waals surface area contributed by atoms with Crippen LogP contribution in [-0.4, -0.2) is 41.7 Å². The van der Waals surface area contributed by atoms with E-state index in [1.165, 1.54) is 11.3 Å². The van der Waals surface area contributed by atoms with Gasteiger partial charge in [-0.15, -0.1) is 11.3 Å². The number of fused-ring (bicyclic) bond motifs is 1. The van der Waals surface area contributed by atoms with Gasteiger partial charge in [0.2, 0.25) is 0 Å². The molecule has 114 valence electrons. The van der Waals surface area contributed by atoms with Gasteiger partial charge in [-0.3, -0.25) is 4.79 Å². The molecule has 2 aromatic heterocycles. The first kappa shape index (κ1) is 13.6. The molecule has 0 spiro atoms. The number of anilines is 1. The minimum Gasteiger partial charge on any atom is -0.354 e. The Balaban J connectivity index is 1.60. The number of rotatable bonds is 2. The third kappa shape index (κ3) is 2.35. The fraction of sp³-hybridized carbons (Fsp3) is 0.400. The molecule has 2 aliphatic rings. The highest BCUT2D eigenvalue weighted by Gasteiger charge is 2.24. The molecule has 5 nitrogen and oxygen atoms in total. The summed E-state index contributed by atoms with van der Waals surface area (Å²) in [5.74, 6) is 0.753. The van der Waals surface area contributed by atoms with Crippen molar-refractivity contribution in [2.24, 2.45) is 0 Å². The quantitative estimate of drug-likeness (QED) is 0.920. The van der Waals surface area contributed by atoms with Gasteiger partial charge in [-0.05, 0) is 18.6 Å².